The van der Waals surface area contributed by atoms with Crippen LogP contribution in [0.4, 0.5) is 0 Å². The highest BCUT2D eigenvalue weighted by Crippen LogP contribution is 2.15. The first-order valence-electron chi connectivity index (χ1n) is 5.88. The maximum absolute atomic E-state index is 5.74. The predicted octanol–water partition coefficient (Wildman–Crippen LogP) is 1.54. The van der Waals surface area contributed by atoms with E-state index in [-0.39, 0.29) is 0 Å². The number of hydrogen-bond acceptors (Lipinski definition) is 3. The lowest BCUT2D eigenvalue weighted by atomic mass is 10.1. The molecule has 0 radical (unpaired) electrons. The summed E-state index contributed by atoms with van der Waals surface area (Å²) in [6.45, 7) is 5.64. The van der Waals surface area contributed by atoms with Crippen LogP contribution in [-0.4, -0.2) is 35.7 Å². The molecule has 1 aromatic carbocycles. The van der Waals surface area contributed by atoms with E-state index in [1.165, 1.54) is 5.56 Å². The molecule has 92 valence electrons. The van der Waals surface area contributed by atoms with Crippen LogP contribution in [0.25, 0.3) is 0 Å². The number of benzene rings is 1. The number of nitrogens with zero attached hydrogens (tertiary/aromatic N) is 1. The Labute approximate surface area is 108 Å². The fraction of sp³-hybridized carbons (Fsp3) is 0.462. The van der Waals surface area contributed by atoms with Crippen molar-refractivity contribution in [2.45, 2.75) is 19.5 Å². The molecule has 0 spiro atoms. The van der Waals surface area contributed by atoms with E-state index in [1.807, 2.05) is 18.2 Å². The van der Waals surface area contributed by atoms with Gasteiger partial charge < -0.3 is 10.5 Å². The average molecular weight is 250 g/mol. The van der Waals surface area contributed by atoms with Crippen LogP contribution < -0.4 is 5.73 Å². The van der Waals surface area contributed by atoms with E-state index in [2.05, 4.69) is 17.9 Å². The van der Waals surface area contributed by atoms with Crippen molar-refractivity contribution < 1.29 is 4.74 Å². The Morgan fingerprint density at radius 1 is 1.53 bits per heavy atom. The van der Waals surface area contributed by atoms with Crippen LogP contribution in [0.1, 0.15) is 18.1 Å². The molecule has 1 unspecified atom stereocenters. The standard InChI is InChI=1S/C13H18N2OS/c1-10-9-16-7-6-15(10)8-11-4-2-3-5-12(11)13(14)17/h2-5,10H,6-9H2,1H3,(H2,14,17). The van der Waals surface area contributed by atoms with Gasteiger partial charge in [-0.15, -0.1) is 0 Å². The Kier molecular flexibility index (Phi) is 4.10. The zero-order chi connectivity index (χ0) is 12.3. The highest BCUT2D eigenvalue weighted by Gasteiger charge is 2.19. The Bertz CT molecular complexity index is 408. The highest BCUT2D eigenvalue weighted by atomic mass is 32.1. The number of thiocarbonyl (C=S) groups is 1. The third-order valence-electron chi connectivity index (χ3n) is 3.16. The second-order valence-electron chi connectivity index (χ2n) is 4.42. The Morgan fingerprint density at radius 3 is 3.00 bits per heavy atom. The molecule has 1 saturated heterocycles. The topological polar surface area (TPSA) is 38.5 Å². The molecular weight excluding hydrogens is 232 g/mol. The van der Waals surface area contributed by atoms with Crippen LogP contribution in [0, 0.1) is 0 Å². The van der Waals surface area contributed by atoms with Gasteiger partial charge in [0.1, 0.15) is 4.99 Å². The average Bonchev–Trinajstić information content (AvgIpc) is 2.32. The third-order valence-corrected chi connectivity index (χ3v) is 3.38. The van der Waals surface area contributed by atoms with E-state index >= 15 is 0 Å². The Hall–Kier alpha value is -0.970. The molecule has 2 rings (SSSR count). The Balaban J connectivity index is 2.14. The Morgan fingerprint density at radius 2 is 2.29 bits per heavy atom. The van der Waals surface area contributed by atoms with Crippen LogP contribution >= 0.6 is 12.2 Å². The first kappa shape index (κ1) is 12.5. The molecule has 3 nitrogen and oxygen atoms in total. The van der Waals surface area contributed by atoms with Crippen LogP contribution in [0.15, 0.2) is 24.3 Å². The number of morpholine rings is 1. The molecule has 4 heteroatoms. The van der Waals surface area contributed by atoms with Crippen molar-refractivity contribution in [2.24, 2.45) is 5.73 Å². The summed E-state index contributed by atoms with van der Waals surface area (Å²) in [7, 11) is 0. The van der Waals surface area contributed by atoms with Gasteiger partial charge in [-0.1, -0.05) is 36.5 Å². The van der Waals surface area contributed by atoms with Crippen LogP contribution in [0.2, 0.25) is 0 Å². The monoisotopic (exact) mass is 250 g/mol. The van der Waals surface area contributed by atoms with Crippen LogP contribution in [0.3, 0.4) is 0 Å². The van der Waals surface area contributed by atoms with E-state index in [1.54, 1.807) is 0 Å². The zero-order valence-corrected chi connectivity index (χ0v) is 10.9. The first-order chi connectivity index (χ1) is 8.18. The van der Waals surface area contributed by atoms with Crippen molar-refractivity contribution in [1.29, 1.82) is 0 Å². The van der Waals surface area contributed by atoms with Crippen LogP contribution in [-0.2, 0) is 11.3 Å². The molecule has 0 saturated carbocycles. The largest absolute Gasteiger partial charge is 0.389 e. The van der Waals surface area contributed by atoms with Crippen LogP contribution in [0.5, 0.6) is 0 Å². The van der Waals surface area contributed by atoms with Gasteiger partial charge in [-0.3, -0.25) is 4.90 Å². The zero-order valence-electron chi connectivity index (χ0n) is 10.1. The van der Waals surface area contributed by atoms with Gasteiger partial charge in [-0.2, -0.15) is 0 Å². The number of ether oxygens (including phenoxy) is 1. The van der Waals surface area contributed by atoms with E-state index in [9.17, 15) is 0 Å². The van der Waals surface area contributed by atoms with Crippen molar-refractivity contribution in [1.82, 2.24) is 4.90 Å². The highest BCUT2D eigenvalue weighted by molar-refractivity contribution is 7.80. The molecule has 0 bridgehead atoms. The molecule has 1 atom stereocenters. The lowest BCUT2D eigenvalue weighted by Crippen LogP contribution is -2.43. The molecule has 2 N–H and O–H groups in total. The lowest BCUT2D eigenvalue weighted by Gasteiger charge is -2.33. The molecule has 0 aliphatic carbocycles. The van der Waals surface area contributed by atoms with Gasteiger partial charge in [0, 0.05) is 24.7 Å². The second-order valence-corrected chi connectivity index (χ2v) is 4.86. The van der Waals surface area contributed by atoms with E-state index in [0.29, 0.717) is 11.0 Å². The van der Waals surface area contributed by atoms with Gasteiger partial charge in [0.2, 0.25) is 0 Å². The fourth-order valence-electron chi connectivity index (χ4n) is 2.11. The summed E-state index contributed by atoms with van der Waals surface area (Å²) in [5.74, 6) is 0. The number of nitrogens with two attached hydrogens (primary N) is 1. The van der Waals surface area contributed by atoms with Crippen molar-refractivity contribution in [3.63, 3.8) is 0 Å². The SMILES string of the molecule is CC1COCCN1Cc1ccccc1C(N)=S. The molecule has 0 amide bonds. The van der Waals surface area contributed by atoms with E-state index in [4.69, 9.17) is 22.7 Å². The van der Waals surface area contributed by atoms with Gasteiger partial charge in [0.25, 0.3) is 0 Å². The molecule has 1 heterocycles. The van der Waals surface area contributed by atoms with Gasteiger partial charge in [-0.25, -0.2) is 0 Å². The minimum Gasteiger partial charge on any atom is -0.389 e. The molecule has 0 aromatic heterocycles. The van der Waals surface area contributed by atoms with Crippen molar-refractivity contribution >= 4 is 17.2 Å². The summed E-state index contributed by atoms with van der Waals surface area (Å²) in [5.41, 5.74) is 7.93. The predicted molar refractivity (Wildman–Crippen MR) is 73.0 cm³/mol. The lowest BCUT2D eigenvalue weighted by molar-refractivity contribution is -0.00438. The van der Waals surface area contributed by atoms with Crippen molar-refractivity contribution in [2.75, 3.05) is 19.8 Å². The summed E-state index contributed by atoms with van der Waals surface area (Å²) >= 11 is 5.08. The summed E-state index contributed by atoms with van der Waals surface area (Å²) in [5, 5.41) is 0. The first-order valence-corrected chi connectivity index (χ1v) is 6.29. The van der Waals surface area contributed by atoms with Crippen molar-refractivity contribution in [3.8, 4) is 0 Å². The minimum absolute atomic E-state index is 0.447. The molecule has 1 fully saturated rings. The summed E-state index contributed by atoms with van der Waals surface area (Å²) in [6.07, 6.45) is 0. The third kappa shape index (κ3) is 3.03. The smallest absolute Gasteiger partial charge is 0.104 e. The van der Waals surface area contributed by atoms with Gasteiger partial charge in [0.05, 0.1) is 13.2 Å². The molecular formula is C13H18N2OS. The molecule has 17 heavy (non-hydrogen) atoms. The summed E-state index contributed by atoms with van der Waals surface area (Å²) in [4.78, 5) is 2.88. The molecule has 1 aliphatic heterocycles. The van der Waals surface area contributed by atoms with Crippen molar-refractivity contribution in [3.05, 3.63) is 35.4 Å². The van der Waals surface area contributed by atoms with E-state index in [0.717, 1.165) is 31.9 Å². The summed E-state index contributed by atoms with van der Waals surface area (Å²) < 4.78 is 5.44. The van der Waals surface area contributed by atoms with Gasteiger partial charge in [0.15, 0.2) is 0 Å². The normalized spacial score (nSPS) is 21.4. The van der Waals surface area contributed by atoms with Gasteiger partial charge in [-0.05, 0) is 12.5 Å². The van der Waals surface area contributed by atoms with Gasteiger partial charge >= 0.3 is 0 Å². The quantitative estimate of drug-likeness (QED) is 0.826. The summed E-state index contributed by atoms with van der Waals surface area (Å²) in [6, 6.07) is 8.53. The maximum Gasteiger partial charge on any atom is 0.104 e. The molecule has 1 aromatic rings. The fourth-order valence-corrected chi connectivity index (χ4v) is 2.31. The second kappa shape index (κ2) is 5.58. The minimum atomic E-state index is 0.447. The number of rotatable bonds is 3. The molecule has 1 aliphatic rings. The van der Waals surface area contributed by atoms with E-state index < -0.39 is 0 Å². The maximum atomic E-state index is 5.74. The number of hydrogen-bond donors (Lipinski definition) is 1.